The second kappa shape index (κ2) is 5.26. The number of aryl methyl sites for hydroxylation is 3. The van der Waals surface area contributed by atoms with Crippen LogP contribution >= 0.6 is 0 Å². The first kappa shape index (κ1) is 12.7. The molecule has 1 heteroatoms. The van der Waals surface area contributed by atoms with Gasteiger partial charge in [-0.3, -0.25) is 0 Å². The second-order valence-electron chi connectivity index (χ2n) is 4.92. The molecule has 2 rings (SSSR count). The summed E-state index contributed by atoms with van der Waals surface area (Å²) < 4.78 is 5.94. The fourth-order valence-corrected chi connectivity index (χ4v) is 1.99. The Morgan fingerprint density at radius 2 is 1.67 bits per heavy atom. The Kier molecular flexibility index (Phi) is 3.71. The molecule has 0 saturated carbocycles. The molecule has 0 aliphatic rings. The van der Waals surface area contributed by atoms with Gasteiger partial charge in [-0.15, -0.1) is 0 Å². The van der Waals surface area contributed by atoms with Gasteiger partial charge in [0.15, 0.2) is 0 Å². The smallest absolute Gasteiger partial charge is 0.122 e. The minimum Gasteiger partial charge on any atom is -0.489 e. The number of benzene rings is 2. The molecular formula is C17H20O. The van der Waals surface area contributed by atoms with Crippen molar-refractivity contribution in [1.82, 2.24) is 0 Å². The van der Waals surface area contributed by atoms with Crippen molar-refractivity contribution in [2.45, 2.75) is 34.3 Å². The molecule has 0 atom stereocenters. The maximum Gasteiger partial charge on any atom is 0.122 e. The van der Waals surface area contributed by atoms with Gasteiger partial charge in [-0.2, -0.15) is 0 Å². The molecule has 0 saturated heterocycles. The first-order chi connectivity index (χ1) is 8.58. The van der Waals surface area contributed by atoms with Gasteiger partial charge in [0.1, 0.15) is 12.4 Å². The van der Waals surface area contributed by atoms with E-state index in [1.807, 2.05) is 12.1 Å². The second-order valence-corrected chi connectivity index (χ2v) is 4.92. The van der Waals surface area contributed by atoms with Gasteiger partial charge >= 0.3 is 0 Å². The van der Waals surface area contributed by atoms with Crippen LogP contribution in [0.2, 0.25) is 0 Å². The molecule has 0 bridgehead atoms. The predicted molar refractivity (Wildman–Crippen MR) is 76.2 cm³/mol. The Bertz CT molecular complexity index is 554. The summed E-state index contributed by atoms with van der Waals surface area (Å²) in [5.74, 6) is 0.982. The number of rotatable bonds is 3. The van der Waals surface area contributed by atoms with Crippen LogP contribution in [0.25, 0.3) is 0 Å². The third kappa shape index (κ3) is 2.73. The zero-order valence-electron chi connectivity index (χ0n) is 11.6. The molecule has 0 amide bonds. The highest BCUT2D eigenvalue weighted by atomic mass is 16.5. The molecule has 0 heterocycles. The maximum absolute atomic E-state index is 5.94. The fraction of sp³-hybridized carbons (Fsp3) is 0.294. The van der Waals surface area contributed by atoms with Crippen LogP contribution in [-0.2, 0) is 6.61 Å². The van der Waals surface area contributed by atoms with Crippen LogP contribution in [0.3, 0.4) is 0 Å². The van der Waals surface area contributed by atoms with Gasteiger partial charge in [-0.1, -0.05) is 35.9 Å². The predicted octanol–water partition coefficient (Wildman–Crippen LogP) is 4.50. The number of ether oxygens (including phenoxy) is 1. The van der Waals surface area contributed by atoms with E-state index in [9.17, 15) is 0 Å². The normalized spacial score (nSPS) is 10.4. The van der Waals surface area contributed by atoms with Crippen molar-refractivity contribution in [1.29, 1.82) is 0 Å². The van der Waals surface area contributed by atoms with E-state index in [1.54, 1.807) is 0 Å². The standard InChI is InChI=1S/C17H20O/c1-12-8-9-14(3)16(10-12)11-18-17-7-5-6-13(2)15(17)4/h5-10H,11H2,1-4H3. The lowest BCUT2D eigenvalue weighted by molar-refractivity contribution is 0.303. The average Bonchev–Trinajstić information content (AvgIpc) is 2.35. The summed E-state index contributed by atoms with van der Waals surface area (Å²) in [6.07, 6.45) is 0. The van der Waals surface area contributed by atoms with Crippen molar-refractivity contribution in [2.24, 2.45) is 0 Å². The first-order valence-corrected chi connectivity index (χ1v) is 6.33. The van der Waals surface area contributed by atoms with Gasteiger partial charge in [0, 0.05) is 0 Å². The van der Waals surface area contributed by atoms with Gasteiger partial charge in [-0.25, -0.2) is 0 Å². The topological polar surface area (TPSA) is 9.23 Å². The molecule has 2 aromatic carbocycles. The molecule has 0 aliphatic carbocycles. The van der Waals surface area contributed by atoms with Gasteiger partial charge < -0.3 is 4.74 Å². The quantitative estimate of drug-likeness (QED) is 0.767. The molecule has 94 valence electrons. The van der Waals surface area contributed by atoms with Crippen molar-refractivity contribution in [3.05, 3.63) is 64.2 Å². The van der Waals surface area contributed by atoms with Crippen LogP contribution in [0.15, 0.2) is 36.4 Å². The van der Waals surface area contributed by atoms with Gasteiger partial charge in [-0.05, 0) is 56.0 Å². The highest BCUT2D eigenvalue weighted by Crippen LogP contribution is 2.22. The summed E-state index contributed by atoms with van der Waals surface area (Å²) in [5, 5.41) is 0. The van der Waals surface area contributed by atoms with Gasteiger partial charge in [0.25, 0.3) is 0 Å². The summed E-state index contributed by atoms with van der Waals surface area (Å²) >= 11 is 0. The van der Waals surface area contributed by atoms with Crippen LogP contribution in [0.5, 0.6) is 5.75 Å². The Morgan fingerprint density at radius 1 is 0.889 bits per heavy atom. The Balaban J connectivity index is 2.16. The molecular weight excluding hydrogens is 220 g/mol. The number of hydrogen-bond donors (Lipinski definition) is 0. The summed E-state index contributed by atoms with van der Waals surface area (Å²) in [7, 11) is 0. The maximum atomic E-state index is 5.94. The SMILES string of the molecule is Cc1ccc(C)c(COc2cccc(C)c2C)c1. The van der Waals surface area contributed by atoms with E-state index in [2.05, 4.69) is 52.0 Å². The Hall–Kier alpha value is -1.76. The van der Waals surface area contributed by atoms with E-state index in [4.69, 9.17) is 4.74 Å². The van der Waals surface area contributed by atoms with Crippen molar-refractivity contribution in [2.75, 3.05) is 0 Å². The highest BCUT2D eigenvalue weighted by molar-refractivity contribution is 5.38. The molecule has 0 aliphatic heterocycles. The number of hydrogen-bond acceptors (Lipinski definition) is 1. The summed E-state index contributed by atoms with van der Waals surface area (Å²) in [5.41, 5.74) is 6.32. The monoisotopic (exact) mass is 240 g/mol. The van der Waals surface area contributed by atoms with Crippen LogP contribution < -0.4 is 4.74 Å². The van der Waals surface area contributed by atoms with E-state index >= 15 is 0 Å². The van der Waals surface area contributed by atoms with Crippen molar-refractivity contribution >= 4 is 0 Å². The van der Waals surface area contributed by atoms with Crippen LogP contribution in [0.1, 0.15) is 27.8 Å². The fourth-order valence-electron chi connectivity index (χ4n) is 1.99. The Morgan fingerprint density at radius 3 is 2.44 bits per heavy atom. The summed E-state index contributed by atoms with van der Waals surface area (Å²) in [4.78, 5) is 0. The molecule has 0 spiro atoms. The molecule has 0 N–H and O–H groups in total. The van der Waals surface area contributed by atoms with Crippen molar-refractivity contribution in [3.8, 4) is 5.75 Å². The van der Waals surface area contributed by atoms with Crippen molar-refractivity contribution in [3.63, 3.8) is 0 Å². The zero-order chi connectivity index (χ0) is 13.1. The largest absolute Gasteiger partial charge is 0.489 e. The molecule has 0 fully saturated rings. The van der Waals surface area contributed by atoms with E-state index in [0.29, 0.717) is 6.61 Å². The van der Waals surface area contributed by atoms with E-state index < -0.39 is 0 Å². The minimum atomic E-state index is 0.637. The van der Waals surface area contributed by atoms with Crippen LogP contribution in [-0.4, -0.2) is 0 Å². The molecule has 1 nitrogen and oxygen atoms in total. The van der Waals surface area contributed by atoms with E-state index in [-0.39, 0.29) is 0 Å². The van der Waals surface area contributed by atoms with Gasteiger partial charge in [0.2, 0.25) is 0 Å². The molecule has 0 radical (unpaired) electrons. The summed E-state index contributed by atoms with van der Waals surface area (Å²) in [6.45, 7) is 9.09. The lowest BCUT2D eigenvalue weighted by Crippen LogP contribution is -2.00. The van der Waals surface area contributed by atoms with Crippen LogP contribution in [0, 0.1) is 27.7 Å². The molecule has 2 aromatic rings. The minimum absolute atomic E-state index is 0.637. The lowest BCUT2D eigenvalue weighted by atomic mass is 10.1. The zero-order valence-corrected chi connectivity index (χ0v) is 11.6. The van der Waals surface area contributed by atoms with E-state index in [1.165, 1.54) is 27.8 Å². The lowest BCUT2D eigenvalue weighted by Gasteiger charge is -2.12. The third-order valence-electron chi connectivity index (χ3n) is 3.44. The van der Waals surface area contributed by atoms with Crippen LogP contribution in [0.4, 0.5) is 0 Å². The van der Waals surface area contributed by atoms with Gasteiger partial charge in [0.05, 0.1) is 0 Å². The summed E-state index contributed by atoms with van der Waals surface area (Å²) in [6, 6.07) is 12.7. The first-order valence-electron chi connectivity index (χ1n) is 6.33. The Labute approximate surface area is 109 Å². The van der Waals surface area contributed by atoms with Crippen molar-refractivity contribution < 1.29 is 4.74 Å². The molecule has 0 unspecified atom stereocenters. The molecule has 0 aromatic heterocycles. The average molecular weight is 240 g/mol. The highest BCUT2D eigenvalue weighted by Gasteiger charge is 2.04. The third-order valence-corrected chi connectivity index (χ3v) is 3.44. The molecule has 18 heavy (non-hydrogen) atoms. The van der Waals surface area contributed by atoms with E-state index in [0.717, 1.165) is 5.75 Å².